The molecule has 142 valence electrons. The number of thiophene rings is 1. The molecule has 2 aromatic carbocycles. The summed E-state index contributed by atoms with van der Waals surface area (Å²) in [4.78, 5) is 13.0. The second-order valence-electron chi connectivity index (χ2n) is 6.62. The number of benzene rings is 2. The highest BCUT2D eigenvalue weighted by atomic mass is 32.1. The monoisotopic (exact) mass is 397 g/mol. The van der Waals surface area contributed by atoms with Gasteiger partial charge in [0.15, 0.2) is 17.4 Å². The number of aryl methyl sites for hydroxylation is 1. The van der Waals surface area contributed by atoms with Crippen molar-refractivity contribution in [1.82, 2.24) is 4.57 Å². The molecule has 0 aliphatic carbocycles. The molecule has 28 heavy (non-hydrogen) atoms. The number of aromatic hydroxyl groups is 1. The fourth-order valence-electron chi connectivity index (χ4n) is 3.52. The summed E-state index contributed by atoms with van der Waals surface area (Å²) in [5.41, 5.74) is 2.74. The Bertz CT molecular complexity index is 1180. The number of carbonyl (C=O) groups is 1. The summed E-state index contributed by atoms with van der Waals surface area (Å²) < 4.78 is 28.5. The zero-order valence-electron chi connectivity index (χ0n) is 15.1. The average Bonchev–Trinajstić information content (AvgIpc) is 3.27. The summed E-state index contributed by atoms with van der Waals surface area (Å²) in [6, 6.07) is 12.6. The Morgan fingerprint density at radius 3 is 2.64 bits per heavy atom. The second-order valence-corrected chi connectivity index (χ2v) is 7.55. The van der Waals surface area contributed by atoms with Crippen LogP contribution in [0.3, 0.4) is 0 Å². The largest absolute Gasteiger partial charge is 0.508 e. The normalized spacial score (nSPS) is 11.2. The number of halogens is 2. The Balaban J connectivity index is 1.73. The average molecular weight is 397 g/mol. The molecular formula is C22H17F2NO2S. The van der Waals surface area contributed by atoms with E-state index in [9.17, 15) is 18.7 Å². The molecule has 0 aliphatic heterocycles. The number of aromatic nitrogens is 1. The van der Waals surface area contributed by atoms with Crippen molar-refractivity contribution < 1.29 is 18.7 Å². The van der Waals surface area contributed by atoms with Crippen molar-refractivity contribution in [2.45, 2.75) is 19.8 Å². The molecule has 0 fully saturated rings. The van der Waals surface area contributed by atoms with E-state index in [1.54, 1.807) is 29.5 Å². The van der Waals surface area contributed by atoms with Gasteiger partial charge in [0, 0.05) is 23.1 Å². The first kappa shape index (κ1) is 18.4. The molecule has 4 rings (SSSR count). The highest BCUT2D eigenvalue weighted by molar-refractivity contribution is 7.12. The van der Waals surface area contributed by atoms with Gasteiger partial charge < -0.3 is 9.67 Å². The molecule has 1 N–H and O–H groups in total. The lowest BCUT2D eigenvalue weighted by molar-refractivity contribution is 0.0983. The molecule has 2 heterocycles. The van der Waals surface area contributed by atoms with E-state index < -0.39 is 11.6 Å². The van der Waals surface area contributed by atoms with E-state index in [-0.39, 0.29) is 18.0 Å². The van der Waals surface area contributed by atoms with Crippen molar-refractivity contribution >= 4 is 28.0 Å². The summed E-state index contributed by atoms with van der Waals surface area (Å²) in [5.74, 6) is -1.83. The zero-order chi connectivity index (χ0) is 19.8. The summed E-state index contributed by atoms with van der Waals surface area (Å²) in [7, 11) is 0. The van der Waals surface area contributed by atoms with Crippen LogP contribution in [0, 0.1) is 18.6 Å². The summed E-state index contributed by atoms with van der Waals surface area (Å²) >= 11 is 1.56. The predicted octanol–water partition coefficient (Wildman–Crippen LogP) is 5.80. The number of rotatable bonds is 5. The summed E-state index contributed by atoms with van der Waals surface area (Å²) in [6.07, 6.45) is 0.463. The SMILES string of the molecule is Cc1c(C(=O)CCc2ccc(F)c(F)c2)c2cc(O)ccc2n1-c1cccs1. The van der Waals surface area contributed by atoms with Gasteiger partial charge in [-0.2, -0.15) is 0 Å². The second kappa shape index (κ2) is 7.20. The quantitative estimate of drug-likeness (QED) is 0.433. The van der Waals surface area contributed by atoms with Crippen molar-refractivity contribution in [3.05, 3.63) is 82.4 Å². The Morgan fingerprint density at radius 1 is 1.11 bits per heavy atom. The highest BCUT2D eigenvalue weighted by Crippen LogP contribution is 2.34. The Hall–Kier alpha value is -2.99. The molecule has 0 aliphatic rings. The fourth-order valence-corrected chi connectivity index (χ4v) is 4.31. The van der Waals surface area contributed by atoms with Crippen molar-refractivity contribution in [3.8, 4) is 10.8 Å². The first-order valence-corrected chi connectivity index (χ1v) is 9.68. The van der Waals surface area contributed by atoms with E-state index in [4.69, 9.17) is 0 Å². The smallest absolute Gasteiger partial charge is 0.165 e. The number of phenolic OH excluding ortho intramolecular Hbond substituents is 1. The van der Waals surface area contributed by atoms with E-state index in [0.29, 0.717) is 22.9 Å². The maximum atomic E-state index is 13.4. The van der Waals surface area contributed by atoms with Gasteiger partial charge >= 0.3 is 0 Å². The molecule has 2 aromatic heterocycles. The van der Waals surface area contributed by atoms with Crippen molar-refractivity contribution in [2.24, 2.45) is 0 Å². The lowest BCUT2D eigenvalue weighted by Crippen LogP contribution is -2.04. The number of ketones is 1. The van der Waals surface area contributed by atoms with Gasteiger partial charge in [0.05, 0.1) is 10.5 Å². The van der Waals surface area contributed by atoms with Gasteiger partial charge in [0.25, 0.3) is 0 Å². The summed E-state index contributed by atoms with van der Waals surface area (Å²) in [5, 5.41) is 13.6. The predicted molar refractivity (Wildman–Crippen MR) is 107 cm³/mol. The van der Waals surface area contributed by atoms with Crippen LogP contribution in [0.4, 0.5) is 8.78 Å². The minimum absolute atomic E-state index is 0.0884. The molecule has 6 heteroatoms. The molecule has 0 unspecified atom stereocenters. The van der Waals surface area contributed by atoms with Gasteiger partial charge in [-0.05, 0) is 66.8 Å². The third-order valence-electron chi connectivity index (χ3n) is 4.82. The molecular weight excluding hydrogens is 380 g/mol. The number of phenols is 1. The molecule has 4 aromatic rings. The van der Waals surface area contributed by atoms with Gasteiger partial charge in [-0.3, -0.25) is 4.79 Å². The molecule has 0 radical (unpaired) electrons. The highest BCUT2D eigenvalue weighted by Gasteiger charge is 2.21. The van der Waals surface area contributed by atoms with Crippen LogP contribution in [0.5, 0.6) is 5.75 Å². The third kappa shape index (κ3) is 3.20. The van der Waals surface area contributed by atoms with Crippen LogP contribution in [0.25, 0.3) is 15.9 Å². The maximum Gasteiger partial charge on any atom is 0.165 e. The standard InChI is InChI=1S/C22H17F2NO2S/c1-13-22(20(27)9-5-14-4-7-17(23)18(24)11-14)16-12-15(26)6-8-19(16)25(13)21-3-2-10-28-21/h2-4,6-8,10-12,26H,5,9H2,1H3. The van der Waals surface area contributed by atoms with Gasteiger partial charge in [-0.25, -0.2) is 8.78 Å². The van der Waals surface area contributed by atoms with Gasteiger partial charge in [0.1, 0.15) is 5.75 Å². The van der Waals surface area contributed by atoms with Gasteiger partial charge in [-0.1, -0.05) is 6.07 Å². The van der Waals surface area contributed by atoms with Crippen LogP contribution in [-0.4, -0.2) is 15.5 Å². The van der Waals surface area contributed by atoms with E-state index in [0.717, 1.165) is 28.3 Å². The first-order valence-electron chi connectivity index (χ1n) is 8.80. The van der Waals surface area contributed by atoms with E-state index in [1.165, 1.54) is 6.07 Å². The minimum atomic E-state index is -0.916. The van der Waals surface area contributed by atoms with Crippen LogP contribution in [-0.2, 0) is 6.42 Å². The number of nitrogens with zero attached hydrogens (tertiary/aromatic N) is 1. The van der Waals surface area contributed by atoms with Crippen molar-refractivity contribution in [3.63, 3.8) is 0 Å². The van der Waals surface area contributed by atoms with Crippen LogP contribution in [0.15, 0.2) is 53.9 Å². The number of Topliss-reactive ketones (excluding diaryl/α,β-unsaturated/α-hetero) is 1. The number of hydrogen-bond donors (Lipinski definition) is 1. The molecule has 0 atom stereocenters. The molecule has 3 nitrogen and oxygen atoms in total. The number of hydrogen-bond acceptors (Lipinski definition) is 3. The first-order chi connectivity index (χ1) is 13.5. The van der Waals surface area contributed by atoms with E-state index in [2.05, 4.69) is 0 Å². The summed E-state index contributed by atoms with van der Waals surface area (Å²) in [6.45, 7) is 1.88. The minimum Gasteiger partial charge on any atom is -0.508 e. The topological polar surface area (TPSA) is 42.2 Å². The Kier molecular flexibility index (Phi) is 4.73. The Labute approximate surface area is 164 Å². The molecule has 0 saturated carbocycles. The van der Waals surface area contributed by atoms with Crippen molar-refractivity contribution in [2.75, 3.05) is 0 Å². The zero-order valence-corrected chi connectivity index (χ0v) is 15.9. The van der Waals surface area contributed by atoms with Crippen LogP contribution in [0.1, 0.15) is 28.0 Å². The van der Waals surface area contributed by atoms with Crippen LogP contribution in [0.2, 0.25) is 0 Å². The van der Waals surface area contributed by atoms with Crippen molar-refractivity contribution in [1.29, 1.82) is 0 Å². The van der Waals surface area contributed by atoms with E-state index in [1.807, 2.05) is 29.0 Å². The van der Waals surface area contributed by atoms with Gasteiger partial charge in [-0.15, -0.1) is 11.3 Å². The fraction of sp³-hybridized carbons (Fsp3) is 0.136. The molecule has 0 spiro atoms. The third-order valence-corrected chi connectivity index (χ3v) is 5.67. The Morgan fingerprint density at radius 2 is 1.93 bits per heavy atom. The van der Waals surface area contributed by atoms with E-state index >= 15 is 0 Å². The number of fused-ring (bicyclic) bond motifs is 1. The number of carbonyl (C=O) groups excluding carboxylic acids is 1. The van der Waals surface area contributed by atoms with Crippen LogP contribution >= 0.6 is 11.3 Å². The molecule has 0 amide bonds. The van der Waals surface area contributed by atoms with Gasteiger partial charge in [0.2, 0.25) is 0 Å². The van der Waals surface area contributed by atoms with Crippen LogP contribution < -0.4 is 0 Å². The molecule has 0 saturated heterocycles. The lowest BCUT2D eigenvalue weighted by Gasteiger charge is -2.06. The maximum absolute atomic E-state index is 13.4. The lowest BCUT2D eigenvalue weighted by atomic mass is 10.00. The molecule has 0 bridgehead atoms.